The second-order valence-corrected chi connectivity index (χ2v) is 8.94. The van der Waals surface area contributed by atoms with Gasteiger partial charge in [-0.1, -0.05) is 35.9 Å². The highest BCUT2D eigenvalue weighted by Gasteiger charge is 2.34. The fourth-order valence-corrected chi connectivity index (χ4v) is 4.12. The lowest BCUT2D eigenvalue weighted by molar-refractivity contribution is -0.137. The summed E-state index contributed by atoms with van der Waals surface area (Å²) in [5.41, 5.74) is 6.46. The van der Waals surface area contributed by atoms with E-state index in [2.05, 4.69) is 10.4 Å². The Morgan fingerprint density at radius 1 is 1.22 bits per heavy atom. The summed E-state index contributed by atoms with van der Waals surface area (Å²) in [7, 11) is 0. The first-order chi connectivity index (χ1) is 17.1. The minimum absolute atomic E-state index is 0.0426. The zero-order valence-electron chi connectivity index (χ0n) is 19.0. The van der Waals surface area contributed by atoms with E-state index < -0.39 is 29.5 Å². The third-order valence-electron chi connectivity index (χ3n) is 5.82. The molecule has 0 bridgehead atoms. The largest absolute Gasteiger partial charge is 0.481 e. The number of hydrogen-bond acceptors (Lipinski definition) is 5. The Labute approximate surface area is 209 Å². The van der Waals surface area contributed by atoms with Crippen LogP contribution in [0.25, 0.3) is 10.9 Å². The lowest BCUT2D eigenvalue weighted by Crippen LogP contribution is -2.43. The molecular formula is C24H23ClFN5O5. The van der Waals surface area contributed by atoms with Crippen LogP contribution in [0.5, 0.6) is 0 Å². The van der Waals surface area contributed by atoms with Gasteiger partial charge >= 0.3 is 5.97 Å². The second-order valence-electron chi connectivity index (χ2n) is 8.54. The van der Waals surface area contributed by atoms with Crippen LogP contribution >= 0.6 is 11.6 Å². The van der Waals surface area contributed by atoms with Gasteiger partial charge in [0.05, 0.1) is 23.5 Å². The SMILES string of the molecule is NC(=O)c1nn(CC(=O)N(CC(=O)NCc2cccc(Cl)c2F)C2CC2)c2cc(CC(=O)O)ccc12. The molecule has 3 amide bonds. The summed E-state index contributed by atoms with van der Waals surface area (Å²) in [6.45, 7) is -0.610. The third kappa shape index (κ3) is 5.62. The number of nitrogens with two attached hydrogens (primary N) is 1. The first kappa shape index (κ1) is 25.1. The maximum Gasteiger partial charge on any atom is 0.307 e. The number of hydrogen-bond donors (Lipinski definition) is 3. The van der Waals surface area contributed by atoms with Crippen molar-refractivity contribution in [3.05, 3.63) is 64.1 Å². The summed E-state index contributed by atoms with van der Waals surface area (Å²) >= 11 is 5.77. The van der Waals surface area contributed by atoms with Crippen LogP contribution in [0.4, 0.5) is 4.39 Å². The monoisotopic (exact) mass is 515 g/mol. The van der Waals surface area contributed by atoms with Gasteiger partial charge in [0.2, 0.25) is 11.8 Å². The summed E-state index contributed by atoms with van der Waals surface area (Å²) in [5, 5.41) is 16.2. The quantitative estimate of drug-likeness (QED) is 0.375. The highest BCUT2D eigenvalue weighted by Crippen LogP contribution is 2.28. The van der Waals surface area contributed by atoms with E-state index in [1.54, 1.807) is 24.3 Å². The molecule has 0 unspecified atom stereocenters. The van der Waals surface area contributed by atoms with Gasteiger partial charge in [-0.25, -0.2) is 4.39 Å². The van der Waals surface area contributed by atoms with Crippen molar-refractivity contribution < 1.29 is 28.7 Å². The Hall–Kier alpha value is -3.99. The molecule has 1 fully saturated rings. The summed E-state index contributed by atoms with van der Waals surface area (Å²) in [6.07, 6.45) is 1.22. The highest BCUT2D eigenvalue weighted by molar-refractivity contribution is 6.30. The van der Waals surface area contributed by atoms with Crippen molar-refractivity contribution in [2.45, 2.75) is 38.4 Å². The number of carbonyl (C=O) groups excluding carboxylic acids is 3. The van der Waals surface area contributed by atoms with Gasteiger partial charge in [-0.05, 0) is 30.5 Å². The molecule has 0 aliphatic heterocycles. The smallest absolute Gasteiger partial charge is 0.307 e. The molecule has 0 spiro atoms. The maximum absolute atomic E-state index is 14.1. The highest BCUT2D eigenvalue weighted by atomic mass is 35.5. The van der Waals surface area contributed by atoms with Gasteiger partial charge in [-0.2, -0.15) is 5.10 Å². The van der Waals surface area contributed by atoms with E-state index in [9.17, 15) is 23.6 Å². The van der Waals surface area contributed by atoms with Crippen LogP contribution < -0.4 is 11.1 Å². The van der Waals surface area contributed by atoms with Crippen LogP contribution in [0.15, 0.2) is 36.4 Å². The number of amides is 3. The number of rotatable bonds is 10. The van der Waals surface area contributed by atoms with Crippen LogP contribution in [-0.4, -0.2) is 56.1 Å². The molecule has 4 N–H and O–H groups in total. The minimum atomic E-state index is -1.03. The molecule has 3 aromatic rings. The lowest BCUT2D eigenvalue weighted by atomic mass is 10.1. The zero-order chi connectivity index (χ0) is 26.0. The van der Waals surface area contributed by atoms with Gasteiger partial charge in [0.25, 0.3) is 5.91 Å². The number of aromatic nitrogens is 2. The molecule has 0 radical (unpaired) electrons. The Bertz CT molecular complexity index is 1370. The van der Waals surface area contributed by atoms with E-state index in [1.165, 1.54) is 21.7 Å². The number of carboxylic acids is 1. The zero-order valence-corrected chi connectivity index (χ0v) is 19.8. The van der Waals surface area contributed by atoms with E-state index in [4.69, 9.17) is 22.4 Å². The normalized spacial score (nSPS) is 12.9. The first-order valence-corrected chi connectivity index (χ1v) is 11.5. The maximum atomic E-state index is 14.1. The summed E-state index contributed by atoms with van der Waals surface area (Å²) in [5.74, 6) is -3.32. The van der Waals surface area contributed by atoms with Crippen molar-refractivity contribution in [3.8, 4) is 0 Å². The molecule has 0 atom stereocenters. The van der Waals surface area contributed by atoms with Gasteiger partial charge in [0.15, 0.2) is 5.69 Å². The minimum Gasteiger partial charge on any atom is -0.481 e. The van der Waals surface area contributed by atoms with E-state index in [0.717, 1.165) is 12.8 Å². The number of benzene rings is 2. The predicted octanol–water partition coefficient (Wildman–Crippen LogP) is 1.86. The van der Waals surface area contributed by atoms with E-state index in [0.29, 0.717) is 16.5 Å². The van der Waals surface area contributed by atoms with Gasteiger partial charge < -0.3 is 21.1 Å². The standard InChI is InChI=1S/C24H23ClFN5O5/c25-17-3-1-2-14(22(17)26)10-28-19(32)11-30(15-5-6-15)20(33)12-31-18-8-13(9-21(34)35)4-7-16(18)23(29-31)24(27)36/h1-4,7-8,15H,5-6,9-12H2,(H2,27,36)(H,28,32)(H,34,35). The van der Waals surface area contributed by atoms with Crippen LogP contribution in [0, 0.1) is 5.82 Å². The fourth-order valence-electron chi connectivity index (χ4n) is 3.92. The van der Waals surface area contributed by atoms with Crippen LogP contribution in [0.1, 0.15) is 34.5 Å². The number of aliphatic carboxylic acids is 1. The molecule has 12 heteroatoms. The van der Waals surface area contributed by atoms with Crippen molar-refractivity contribution in [2.24, 2.45) is 5.73 Å². The van der Waals surface area contributed by atoms with Gasteiger partial charge in [-0.15, -0.1) is 0 Å². The average molecular weight is 516 g/mol. The summed E-state index contributed by atoms with van der Waals surface area (Å²) in [6, 6.07) is 9.01. The molecule has 0 saturated heterocycles. The Balaban J connectivity index is 1.50. The number of carbonyl (C=O) groups is 4. The van der Waals surface area contributed by atoms with Crippen molar-refractivity contribution in [1.29, 1.82) is 0 Å². The molecule has 1 saturated carbocycles. The van der Waals surface area contributed by atoms with Crippen molar-refractivity contribution >= 4 is 46.2 Å². The summed E-state index contributed by atoms with van der Waals surface area (Å²) in [4.78, 5) is 50.2. The van der Waals surface area contributed by atoms with Crippen LogP contribution in [0.2, 0.25) is 5.02 Å². The van der Waals surface area contributed by atoms with Gasteiger partial charge in [-0.3, -0.25) is 23.9 Å². The third-order valence-corrected chi connectivity index (χ3v) is 6.11. The van der Waals surface area contributed by atoms with Gasteiger partial charge in [0.1, 0.15) is 12.4 Å². The molecule has 188 valence electrons. The number of nitrogens with one attached hydrogen (secondary N) is 1. The number of halogens is 2. The molecule has 1 aromatic heterocycles. The molecule has 1 aliphatic carbocycles. The molecular weight excluding hydrogens is 493 g/mol. The average Bonchev–Trinajstić information content (AvgIpc) is 3.60. The van der Waals surface area contributed by atoms with Crippen molar-refractivity contribution in [2.75, 3.05) is 6.54 Å². The van der Waals surface area contributed by atoms with Crippen molar-refractivity contribution in [1.82, 2.24) is 20.0 Å². The van der Waals surface area contributed by atoms with E-state index in [1.807, 2.05) is 0 Å². The van der Waals surface area contributed by atoms with Crippen LogP contribution in [-0.2, 0) is 33.9 Å². The second kappa shape index (κ2) is 10.3. The summed E-state index contributed by atoms with van der Waals surface area (Å²) < 4.78 is 15.4. The lowest BCUT2D eigenvalue weighted by Gasteiger charge is -2.22. The predicted molar refractivity (Wildman–Crippen MR) is 128 cm³/mol. The van der Waals surface area contributed by atoms with E-state index >= 15 is 0 Å². The number of fused-ring (bicyclic) bond motifs is 1. The molecule has 4 rings (SSSR count). The topological polar surface area (TPSA) is 148 Å². The van der Waals surface area contributed by atoms with Crippen molar-refractivity contribution in [3.63, 3.8) is 0 Å². The molecule has 1 aliphatic rings. The number of nitrogens with zero attached hydrogens (tertiary/aromatic N) is 3. The number of primary amides is 1. The molecule has 2 aromatic carbocycles. The van der Waals surface area contributed by atoms with E-state index in [-0.39, 0.29) is 48.4 Å². The molecule has 36 heavy (non-hydrogen) atoms. The van der Waals surface area contributed by atoms with Crippen LogP contribution in [0.3, 0.4) is 0 Å². The molecule has 1 heterocycles. The van der Waals surface area contributed by atoms with Gasteiger partial charge in [0, 0.05) is 23.5 Å². The Morgan fingerprint density at radius 3 is 2.64 bits per heavy atom. The first-order valence-electron chi connectivity index (χ1n) is 11.1. The molecule has 10 nitrogen and oxygen atoms in total. The Kier molecular flexibility index (Phi) is 7.20. The Morgan fingerprint density at radius 2 is 1.97 bits per heavy atom. The number of carboxylic acid groups (broad SMARTS) is 1. The fraction of sp³-hybridized carbons (Fsp3) is 0.292.